The number of esters is 1. The van der Waals surface area contributed by atoms with Crippen LogP contribution in [0.4, 0.5) is 11.4 Å². The fourth-order valence-corrected chi connectivity index (χ4v) is 2.55. The summed E-state index contributed by atoms with van der Waals surface area (Å²) in [4.78, 5) is 24.5. The molecule has 0 radical (unpaired) electrons. The lowest BCUT2D eigenvalue weighted by Gasteiger charge is -2.13. The van der Waals surface area contributed by atoms with Crippen molar-refractivity contribution in [1.82, 2.24) is 0 Å². The third kappa shape index (κ3) is 4.88. The molecule has 1 amide bonds. The Balaban J connectivity index is 1.62. The molecule has 3 rings (SSSR count). The van der Waals surface area contributed by atoms with E-state index in [1.54, 1.807) is 49.5 Å². The number of carbonyl (C=O) groups excluding carboxylic acids is 2. The maximum Gasteiger partial charge on any atom is 0.340 e. The first-order valence-corrected chi connectivity index (χ1v) is 8.73. The van der Waals surface area contributed by atoms with Gasteiger partial charge in [-0.1, -0.05) is 42.5 Å². The van der Waals surface area contributed by atoms with Crippen LogP contribution in [-0.4, -0.2) is 25.5 Å². The van der Waals surface area contributed by atoms with Gasteiger partial charge in [-0.15, -0.1) is 0 Å². The van der Waals surface area contributed by atoms with Gasteiger partial charge in [0, 0.05) is 12.7 Å². The van der Waals surface area contributed by atoms with Crippen molar-refractivity contribution in [2.75, 3.05) is 24.3 Å². The minimum Gasteiger partial charge on any atom is -0.455 e. The van der Waals surface area contributed by atoms with Crippen LogP contribution < -0.4 is 15.4 Å². The molecule has 142 valence electrons. The van der Waals surface area contributed by atoms with Gasteiger partial charge in [0.25, 0.3) is 5.91 Å². The molecular weight excluding hydrogens is 356 g/mol. The van der Waals surface area contributed by atoms with E-state index < -0.39 is 18.5 Å². The summed E-state index contributed by atoms with van der Waals surface area (Å²) in [7, 11) is 1.71. The molecule has 0 saturated heterocycles. The quantitative estimate of drug-likeness (QED) is 0.601. The van der Waals surface area contributed by atoms with Gasteiger partial charge in [0.15, 0.2) is 12.4 Å². The van der Waals surface area contributed by atoms with Crippen LogP contribution >= 0.6 is 0 Å². The molecular formula is C22H20N2O4. The van der Waals surface area contributed by atoms with Gasteiger partial charge in [0.05, 0.1) is 11.3 Å². The molecule has 0 aliphatic rings. The van der Waals surface area contributed by atoms with E-state index >= 15 is 0 Å². The first kappa shape index (κ1) is 19.0. The van der Waals surface area contributed by atoms with Crippen molar-refractivity contribution in [3.05, 3.63) is 84.4 Å². The van der Waals surface area contributed by atoms with Gasteiger partial charge in [0.2, 0.25) is 0 Å². The average molecular weight is 376 g/mol. The molecule has 0 heterocycles. The number of rotatable bonds is 7. The molecule has 2 N–H and O–H groups in total. The molecule has 0 saturated carbocycles. The number of benzene rings is 3. The van der Waals surface area contributed by atoms with Crippen molar-refractivity contribution in [2.45, 2.75) is 0 Å². The fraction of sp³-hybridized carbons (Fsp3) is 0.0909. The van der Waals surface area contributed by atoms with Crippen molar-refractivity contribution < 1.29 is 19.1 Å². The summed E-state index contributed by atoms with van der Waals surface area (Å²) in [6.07, 6.45) is 0. The van der Waals surface area contributed by atoms with Gasteiger partial charge in [-0.3, -0.25) is 4.79 Å². The predicted molar refractivity (Wildman–Crippen MR) is 108 cm³/mol. The van der Waals surface area contributed by atoms with E-state index in [0.29, 0.717) is 28.4 Å². The zero-order valence-corrected chi connectivity index (χ0v) is 15.3. The number of nitrogens with one attached hydrogen (secondary N) is 2. The zero-order valence-electron chi connectivity index (χ0n) is 15.3. The highest BCUT2D eigenvalue weighted by Gasteiger charge is 2.14. The lowest BCUT2D eigenvalue weighted by Crippen LogP contribution is -2.21. The minimum atomic E-state index is -0.575. The molecule has 6 nitrogen and oxygen atoms in total. The van der Waals surface area contributed by atoms with Crippen molar-refractivity contribution >= 4 is 23.3 Å². The van der Waals surface area contributed by atoms with Crippen molar-refractivity contribution in [3.8, 4) is 11.5 Å². The van der Waals surface area contributed by atoms with E-state index in [1.807, 2.05) is 36.4 Å². The summed E-state index contributed by atoms with van der Waals surface area (Å²) in [6.45, 7) is -0.406. The first-order valence-electron chi connectivity index (χ1n) is 8.73. The molecule has 0 unspecified atom stereocenters. The number of hydrogen-bond donors (Lipinski definition) is 2. The fourth-order valence-electron chi connectivity index (χ4n) is 2.55. The van der Waals surface area contributed by atoms with E-state index in [4.69, 9.17) is 9.47 Å². The lowest BCUT2D eigenvalue weighted by molar-refractivity contribution is -0.119. The maximum atomic E-state index is 12.2. The van der Waals surface area contributed by atoms with Crippen molar-refractivity contribution in [2.24, 2.45) is 0 Å². The second-order valence-electron chi connectivity index (χ2n) is 5.83. The molecule has 0 spiro atoms. The summed E-state index contributed by atoms with van der Waals surface area (Å²) in [6, 6.07) is 23.2. The Morgan fingerprint density at radius 1 is 0.821 bits per heavy atom. The molecule has 0 aliphatic heterocycles. The third-order valence-electron chi connectivity index (χ3n) is 3.88. The van der Waals surface area contributed by atoms with Crippen LogP contribution in [0.1, 0.15) is 10.4 Å². The monoisotopic (exact) mass is 376 g/mol. The van der Waals surface area contributed by atoms with Crippen LogP contribution in [0.5, 0.6) is 11.5 Å². The van der Waals surface area contributed by atoms with Crippen LogP contribution in [-0.2, 0) is 9.53 Å². The van der Waals surface area contributed by atoms with Crippen molar-refractivity contribution in [3.63, 3.8) is 0 Å². The normalized spacial score (nSPS) is 10.0. The lowest BCUT2D eigenvalue weighted by atomic mass is 10.2. The maximum absolute atomic E-state index is 12.2. The summed E-state index contributed by atoms with van der Waals surface area (Å²) in [5.74, 6) is 0.113. The highest BCUT2D eigenvalue weighted by atomic mass is 16.5. The first-order chi connectivity index (χ1) is 13.7. The van der Waals surface area contributed by atoms with E-state index in [2.05, 4.69) is 10.6 Å². The molecule has 28 heavy (non-hydrogen) atoms. The second kappa shape index (κ2) is 9.23. The molecule has 0 fully saturated rings. The Morgan fingerprint density at radius 3 is 2.21 bits per heavy atom. The Labute approximate surface area is 163 Å². The standard InChI is InChI=1S/C22H20N2O4/c1-23-18-12-6-5-11-17(18)22(26)27-15-21(25)24-19-13-7-8-14-20(19)28-16-9-3-2-4-10-16/h2-14,23H,15H2,1H3,(H,24,25). The molecule has 0 aromatic heterocycles. The van der Waals surface area contributed by atoms with E-state index in [9.17, 15) is 9.59 Å². The smallest absolute Gasteiger partial charge is 0.340 e. The summed E-state index contributed by atoms with van der Waals surface area (Å²) in [5.41, 5.74) is 1.49. The summed E-state index contributed by atoms with van der Waals surface area (Å²) >= 11 is 0. The number of amides is 1. The largest absolute Gasteiger partial charge is 0.455 e. The molecule has 3 aromatic rings. The Hall–Kier alpha value is -3.80. The van der Waals surface area contributed by atoms with Gasteiger partial charge < -0.3 is 20.1 Å². The molecule has 0 bridgehead atoms. The molecule has 0 aliphatic carbocycles. The van der Waals surface area contributed by atoms with E-state index in [0.717, 1.165) is 0 Å². The van der Waals surface area contributed by atoms with Crippen LogP contribution in [0.15, 0.2) is 78.9 Å². The highest BCUT2D eigenvalue weighted by molar-refractivity contribution is 5.98. The van der Waals surface area contributed by atoms with E-state index in [-0.39, 0.29) is 0 Å². The third-order valence-corrected chi connectivity index (χ3v) is 3.88. The highest BCUT2D eigenvalue weighted by Crippen LogP contribution is 2.29. The molecule has 6 heteroatoms. The Morgan fingerprint density at radius 2 is 1.46 bits per heavy atom. The van der Waals surface area contributed by atoms with Gasteiger partial charge in [-0.2, -0.15) is 0 Å². The SMILES string of the molecule is CNc1ccccc1C(=O)OCC(=O)Nc1ccccc1Oc1ccccc1. The summed E-state index contributed by atoms with van der Waals surface area (Å²) < 4.78 is 10.9. The molecule has 0 atom stereocenters. The Bertz CT molecular complexity index is 958. The van der Waals surface area contributed by atoms with Crippen LogP contribution in [0.3, 0.4) is 0 Å². The van der Waals surface area contributed by atoms with Crippen LogP contribution in [0, 0.1) is 0 Å². The number of hydrogen-bond acceptors (Lipinski definition) is 5. The summed E-state index contributed by atoms with van der Waals surface area (Å²) in [5, 5.41) is 5.63. The van der Waals surface area contributed by atoms with Crippen LogP contribution in [0.2, 0.25) is 0 Å². The van der Waals surface area contributed by atoms with Crippen LogP contribution in [0.25, 0.3) is 0 Å². The van der Waals surface area contributed by atoms with E-state index in [1.165, 1.54) is 0 Å². The van der Waals surface area contributed by atoms with Gasteiger partial charge >= 0.3 is 5.97 Å². The Kier molecular flexibility index (Phi) is 6.25. The zero-order chi connectivity index (χ0) is 19.8. The van der Waals surface area contributed by atoms with Gasteiger partial charge in [-0.05, 0) is 36.4 Å². The second-order valence-corrected chi connectivity index (χ2v) is 5.83. The predicted octanol–water partition coefficient (Wildman–Crippen LogP) is 4.32. The number of ether oxygens (including phenoxy) is 2. The number of para-hydroxylation sites is 4. The topological polar surface area (TPSA) is 76.7 Å². The number of carbonyl (C=O) groups is 2. The van der Waals surface area contributed by atoms with Crippen molar-refractivity contribution in [1.29, 1.82) is 0 Å². The number of anilines is 2. The van der Waals surface area contributed by atoms with Gasteiger partial charge in [0.1, 0.15) is 5.75 Å². The molecule has 3 aromatic carbocycles. The average Bonchev–Trinajstić information content (AvgIpc) is 2.74. The minimum absolute atomic E-state index is 0.366. The van der Waals surface area contributed by atoms with Gasteiger partial charge in [-0.25, -0.2) is 4.79 Å².